The summed E-state index contributed by atoms with van der Waals surface area (Å²) in [5.41, 5.74) is 2.66. The highest BCUT2D eigenvalue weighted by atomic mass is 32.1. The van der Waals surface area contributed by atoms with Gasteiger partial charge in [-0.25, -0.2) is 4.99 Å². The van der Waals surface area contributed by atoms with Crippen molar-refractivity contribution in [3.8, 4) is 5.75 Å². The number of rotatable bonds is 6. The van der Waals surface area contributed by atoms with Crippen LogP contribution in [0.1, 0.15) is 71.3 Å². The molecule has 1 N–H and O–H groups in total. The first kappa shape index (κ1) is 21.0. The average Bonchev–Trinajstić information content (AvgIpc) is 3.12. The smallest absolute Gasteiger partial charge is 0.387 e. The molecule has 1 aromatic carbocycles. The summed E-state index contributed by atoms with van der Waals surface area (Å²) in [6, 6.07) is 6.59. The fraction of sp³-hybridized carbons (Fsp3) is 0.478. The van der Waals surface area contributed by atoms with Gasteiger partial charge in [0.05, 0.1) is 5.56 Å². The molecule has 0 radical (unpaired) electrons. The highest BCUT2D eigenvalue weighted by Gasteiger charge is 2.27. The number of amides is 1. The minimum Gasteiger partial charge on any atom is -0.435 e. The highest BCUT2D eigenvalue weighted by Crippen LogP contribution is 2.40. The summed E-state index contributed by atoms with van der Waals surface area (Å²) in [4.78, 5) is 19.1. The van der Waals surface area contributed by atoms with E-state index in [0.717, 1.165) is 60.2 Å². The second-order valence-corrected chi connectivity index (χ2v) is 8.99. The molecule has 4 nitrogen and oxygen atoms in total. The van der Waals surface area contributed by atoms with Crippen molar-refractivity contribution in [3.05, 3.63) is 45.8 Å². The second kappa shape index (κ2) is 9.69. The maximum absolute atomic E-state index is 13.2. The fourth-order valence-corrected chi connectivity index (χ4v) is 5.48. The van der Waals surface area contributed by atoms with Crippen molar-refractivity contribution in [3.63, 3.8) is 0 Å². The van der Waals surface area contributed by atoms with Gasteiger partial charge in [0, 0.05) is 17.1 Å². The Labute approximate surface area is 179 Å². The summed E-state index contributed by atoms with van der Waals surface area (Å²) in [5, 5.41) is 3.98. The molecule has 0 spiro atoms. The molecule has 1 saturated carbocycles. The van der Waals surface area contributed by atoms with Gasteiger partial charge in [-0.15, -0.1) is 11.3 Å². The van der Waals surface area contributed by atoms with E-state index in [-0.39, 0.29) is 17.7 Å². The Balaban J connectivity index is 1.55. The van der Waals surface area contributed by atoms with E-state index in [0.29, 0.717) is 0 Å². The van der Waals surface area contributed by atoms with Gasteiger partial charge in [-0.1, -0.05) is 19.3 Å². The number of halogens is 2. The first-order valence-corrected chi connectivity index (χ1v) is 11.5. The summed E-state index contributed by atoms with van der Waals surface area (Å²) in [6.45, 7) is -2.84. The maximum Gasteiger partial charge on any atom is 0.387 e. The zero-order chi connectivity index (χ0) is 20.9. The molecule has 0 atom stereocenters. The molecule has 1 aromatic heterocycles. The largest absolute Gasteiger partial charge is 0.435 e. The summed E-state index contributed by atoms with van der Waals surface area (Å²) < 4.78 is 29.0. The van der Waals surface area contributed by atoms with Gasteiger partial charge in [0.2, 0.25) is 0 Å². The topological polar surface area (TPSA) is 50.7 Å². The number of nitrogens with one attached hydrogen (secondary N) is 1. The highest BCUT2D eigenvalue weighted by molar-refractivity contribution is 7.16. The van der Waals surface area contributed by atoms with Crippen molar-refractivity contribution in [1.29, 1.82) is 0 Å². The molecule has 2 aliphatic rings. The minimum atomic E-state index is -2.84. The van der Waals surface area contributed by atoms with Crippen LogP contribution >= 0.6 is 11.3 Å². The van der Waals surface area contributed by atoms with Crippen LogP contribution in [0.5, 0.6) is 5.75 Å². The predicted octanol–water partition coefficient (Wildman–Crippen LogP) is 6.04. The molecule has 2 aromatic rings. The number of fused-ring (bicyclic) bond motifs is 1. The number of benzene rings is 1. The van der Waals surface area contributed by atoms with E-state index in [4.69, 9.17) is 0 Å². The van der Waals surface area contributed by atoms with Crippen molar-refractivity contribution < 1.29 is 18.3 Å². The predicted molar refractivity (Wildman–Crippen MR) is 116 cm³/mol. The van der Waals surface area contributed by atoms with E-state index in [1.54, 1.807) is 29.7 Å². The molecule has 1 heterocycles. The van der Waals surface area contributed by atoms with Crippen LogP contribution in [-0.4, -0.2) is 24.8 Å². The zero-order valence-electron chi connectivity index (χ0n) is 16.8. The van der Waals surface area contributed by atoms with Crippen LogP contribution in [0.15, 0.2) is 29.3 Å². The fourth-order valence-electron chi connectivity index (χ4n) is 4.25. The van der Waals surface area contributed by atoms with Gasteiger partial charge in [-0.2, -0.15) is 8.78 Å². The van der Waals surface area contributed by atoms with Crippen LogP contribution in [0.4, 0.5) is 13.8 Å². The van der Waals surface area contributed by atoms with Crippen molar-refractivity contribution in [2.75, 3.05) is 0 Å². The first-order chi connectivity index (χ1) is 14.6. The lowest BCUT2D eigenvalue weighted by atomic mass is 9.93. The van der Waals surface area contributed by atoms with Crippen molar-refractivity contribution in [2.24, 2.45) is 4.99 Å². The van der Waals surface area contributed by atoms with Crippen LogP contribution in [0, 0.1) is 0 Å². The molecule has 1 amide bonds. The number of hydrogen-bond donors (Lipinski definition) is 1. The van der Waals surface area contributed by atoms with Crippen molar-refractivity contribution in [1.82, 2.24) is 5.32 Å². The van der Waals surface area contributed by atoms with Gasteiger partial charge in [0.25, 0.3) is 5.91 Å². The summed E-state index contributed by atoms with van der Waals surface area (Å²) in [5.74, 6) is 0.107. The monoisotopic (exact) mass is 432 g/mol. The normalized spacial score (nSPS) is 17.3. The molecule has 30 heavy (non-hydrogen) atoms. The van der Waals surface area contributed by atoms with Gasteiger partial charge in [0.15, 0.2) is 0 Å². The second-order valence-electron chi connectivity index (χ2n) is 7.91. The summed E-state index contributed by atoms with van der Waals surface area (Å²) in [6.07, 6.45) is 11.5. The quantitative estimate of drug-likeness (QED) is 0.566. The third-order valence-electron chi connectivity index (χ3n) is 5.76. The summed E-state index contributed by atoms with van der Waals surface area (Å²) in [7, 11) is 0. The van der Waals surface area contributed by atoms with Crippen LogP contribution in [-0.2, 0) is 12.8 Å². The Morgan fingerprint density at radius 3 is 2.57 bits per heavy atom. The van der Waals surface area contributed by atoms with E-state index >= 15 is 0 Å². The van der Waals surface area contributed by atoms with E-state index < -0.39 is 6.61 Å². The average molecular weight is 433 g/mol. The molecule has 1 fully saturated rings. The number of carbonyl (C=O) groups excluding carboxylic acids is 1. The summed E-state index contributed by atoms with van der Waals surface area (Å²) >= 11 is 1.60. The lowest BCUT2D eigenvalue weighted by molar-refractivity contribution is -0.0498. The Morgan fingerprint density at radius 2 is 1.83 bits per heavy atom. The third-order valence-corrected chi connectivity index (χ3v) is 6.96. The SMILES string of the molecule is O=C(NC1CCCCC1)c1c(N=Cc2ccc(OC(F)F)cc2)sc2c1CCCC2. The van der Waals surface area contributed by atoms with Crippen LogP contribution in [0.25, 0.3) is 0 Å². The van der Waals surface area contributed by atoms with Gasteiger partial charge in [-0.3, -0.25) is 4.79 Å². The molecule has 0 aliphatic heterocycles. The lowest BCUT2D eigenvalue weighted by Crippen LogP contribution is -2.36. The van der Waals surface area contributed by atoms with Gasteiger partial charge < -0.3 is 10.1 Å². The minimum absolute atomic E-state index is 0.00543. The molecule has 4 rings (SSSR count). The maximum atomic E-state index is 13.2. The number of nitrogens with zero attached hydrogens (tertiary/aromatic N) is 1. The van der Waals surface area contributed by atoms with Gasteiger partial charge >= 0.3 is 6.61 Å². The molecule has 7 heteroatoms. The molecule has 2 aliphatic carbocycles. The van der Waals surface area contributed by atoms with Gasteiger partial charge in [0.1, 0.15) is 10.8 Å². The zero-order valence-corrected chi connectivity index (χ0v) is 17.6. The Kier molecular flexibility index (Phi) is 6.77. The number of hydrogen-bond acceptors (Lipinski definition) is 4. The number of carbonyl (C=O) groups is 1. The Morgan fingerprint density at radius 1 is 1.10 bits per heavy atom. The number of alkyl halides is 2. The van der Waals surface area contributed by atoms with E-state index in [9.17, 15) is 13.6 Å². The van der Waals surface area contributed by atoms with E-state index in [1.165, 1.54) is 36.3 Å². The lowest BCUT2D eigenvalue weighted by Gasteiger charge is -2.23. The van der Waals surface area contributed by atoms with Crippen molar-refractivity contribution >= 4 is 28.5 Å². The number of aryl methyl sites for hydroxylation is 1. The Bertz CT molecular complexity index is 903. The molecule has 0 unspecified atom stereocenters. The third kappa shape index (κ3) is 5.06. The molecule has 0 saturated heterocycles. The van der Waals surface area contributed by atoms with E-state index in [1.807, 2.05) is 0 Å². The Hall–Kier alpha value is -2.28. The van der Waals surface area contributed by atoms with Crippen molar-refractivity contribution in [2.45, 2.75) is 70.4 Å². The first-order valence-electron chi connectivity index (χ1n) is 10.6. The number of aliphatic imine (C=N–C) groups is 1. The molecular weight excluding hydrogens is 406 g/mol. The molecule has 0 bridgehead atoms. The van der Waals surface area contributed by atoms with E-state index in [2.05, 4.69) is 15.0 Å². The van der Waals surface area contributed by atoms with Crippen LogP contribution in [0.2, 0.25) is 0 Å². The molecule has 160 valence electrons. The molecular formula is C23H26F2N2O2S. The van der Waals surface area contributed by atoms with Crippen LogP contribution < -0.4 is 10.1 Å². The standard InChI is InChI=1S/C23H26F2N2O2S/c24-23(25)29-17-12-10-15(11-13-17)14-26-22-20(18-8-4-5-9-19(18)30-22)21(28)27-16-6-2-1-3-7-16/h10-14,16,23H,1-9H2,(H,27,28). The number of ether oxygens (including phenoxy) is 1. The van der Waals surface area contributed by atoms with Gasteiger partial charge in [-0.05, 0) is 73.9 Å². The number of thiophene rings is 1. The van der Waals surface area contributed by atoms with Crippen LogP contribution in [0.3, 0.4) is 0 Å².